The third-order valence-corrected chi connectivity index (χ3v) is 2.08. The van der Waals surface area contributed by atoms with Gasteiger partial charge in [0.1, 0.15) is 4.51 Å². The molecule has 1 aromatic carbocycles. The van der Waals surface area contributed by atoms with Crippen LogP contribution in [0.4, 0.5) is 5.69 Å². The Balaban J connectivity index is 2.23. The predicted octanol–water partition coefficient (Wildman–Crippen LogP) is 0.673. The molecule has 3 nitrogen and oxygen atoms in total. The SMILES string of the molecule is CNCCCNc1cc(=O)c1=S. The fourth-order valence-corrected chi connectivity index (χ4v) is 1.13. The molecule has 0 aromatic heterocycles. The molecule has 0 aliphatic rings. The fraction of sp³-hybridized carbons (Fsp3) is 0.500. The average Bonchev–Trinajstić information content (AvgIpc) is 2.10. The lowest BCUT2D eigenvalue weighted by molar-refractivity contribution is 0.747. The molecule has 0 heterocycles. The lowest BCUT2D eigenvalue weighted by Gasteiger charge is -2.06. The summed E-state index contributed by atoms with van der Waals surface area (Å²) in [5.41, 5.74) is 0.798. The van der Waals surface area contributed by atoms with Gasteiger partial charge in [-0.05, 0) is 20.0 Å². The first kappa shape index (κ1) is 9.35. The maximum atomic E-state index is 10.7. The predicted molar refractivity (Wildman–Crippen MR) is 53.0 cm³/mol. The van der Waals surface area contributed by atoms with E-state index in [-0.39, 0.29) is 5.43 Å². The van der Waals surface area contributed by atoms with Gasteiger partial charge in [0, 0.05) is 12.6 Å². The number of anilines is 1. The van der Waals surface area contributed by atoms with Crippen LogP contribution >= 0.6 is 12.2 Å². The Bertz CT molecular complexity index is 314. The molecule has 0 atom stereocenters. The Kier molecular flexibility index (Phi) is 3.37. The van der Waals surface area contributed by atoms with Crippen molar-refractivity contribution in [3.8, 4) is 0 Å². The van der Waals surface area contributed by atoms with Gasteiger partial charge in [-0.3, -0.25) is 4.79 Å². The lowest BCUT2D eigenvalue weighted by Crippen LogP contribution is -2.16. The molecule has 0 fully saturated rings. The summed E-state index contributed by atoms with van der Waals surface area (Å²) < 4.78 is 0.444. The first-order valence-electron chi connectivity index (χ1n) is 3.94. The Morgan fingerprint density at radius 2 is 2.25 bits per heavy atom. The minimum atomic E-state index is -0.0267. The summed E-state index contributed by atoms with van der Waals surface area (Å²) in [6.45, 7) is 1.83. The van der Waals surface area contributed by atoms with Crippen LogP contribution in [-0.4, -0.2) is 20.1 Å². The van der Waals surface area contributed by atoms with Gasteiger partial charge in [-0.25, -0.2) is 0 Å². The summed E-state index contributed by atoms with van der Waals surface area (Å²) in [6, 6.07) is 1.54. The van der Waals surface area contributed by atoms with E-state index in [1.165, 1.54) is 0 Å². The molecule has 0 aliphatic heterocycles. The zero-order valence-corrected chi connectivity index (χ0v) is 7.83. The monoisotopic (exact) mass is 184 g/mol. The molecular formula is C8H12N2OS. The van der Waals surface area contributed by atoms with Crippen molar-refractivity contribution in [2.45, 2.75) is 6.42 Å². The van der Waals surface area contributed by atoms with Crippen LogP contribution in [0, 0.1) is 4.51 Å². The largest absolute Gasteiger partial charge is 0.384 e. The summed E-state index contributed by atoms with van der Waals surface area (Å²) in [4.78, 5) is 10.7. The van der Waals surface area contributed by atoms with Crippen molar-refractivity contribution in [1.29, 1.82) is 0 Å². The Hall–Kier alpha value is -0.740. The number of rotatable bonds is 5. The highest BCUT2D eigenvalue weighted by Gasteiger charge is 2.03. The minimum absolute atomic E-state index is 0.0267. The number of hydrogen-bond donors (Lipinski definition) is 2. The van der Waals surface area contributed by atoms with E-state index in [1.807, 2.05) is 7.05 Å². The highest BCUT2D eigenvalue weighted by Crippen LogP contribution is 2.06. The Labute approximate surface area is 76.5 Å². The first-order valence-corrected chi connectivity index (χ1v) is 4.35. The van der Waals surface area contributed by atoms with Gasteiger partial charge in [-0.15, -0.1) is 0 Å². The minimum Gasteiger partial charge on any atom is -0.384 e. The van der Waals surface area contributed by atoms with Gasteiger partial charge < -0.3 is 10.6 Å². The molecule has 2 N–H and O–H groups in total. The summed E-state index contributed by atoms with van der Waals surface area (Å²) in [5, 5.41) is 6.13. The van der Waals surface area contributed by atoms with E-state index in [0.717, 1.165) is 25.2 Å². The molecule has 0 amide bonds. The van der Waals surface area contributed by atoms with Gasteiger partial charge in [0.15, 0.2) is 0 Å². The topological polar surface area (TPSA) is 41.1 Å². The molecular weight excluding hydrogens is 172 g/mol. The zero-order valence-electron chi connectivity index (χ0n) is 7.02. The molecule has 1 rings (SSSR count). The second-order valence-corrected chi connectivity index (χ2v) is 3.04. The zero-order chi connectivity index (χ0) is 8.97. The second kappa shape index (κ2) is 4.33. The quantitative estimate of drug-likeness (QED) is 0.521. The van der Waals surface area contributed by atoms with Gasteiger partial charge in [-0.1, -0.05) is 12.2 Å². The van der Waals surface area contributed by atoms with E-state index in [2.05, 4.69) is 10.6 Å². The van der Waals surface area contributed by atoms with E-state index in [9.17, 15) is 4.79 Å². The van der Waals surface area contributed by atoms with Crippen molar-refractivity contribution in [2.75, 3.05) is 25.5 Å². The molecule has 0 unspecified atom stereocenters. The molecule has 0 aliphatic carbocycles. The van der Waals surface area contributed by atoms with Crippen LogP contribution in [0.5, 0.6) is 0 Å². The molecule has 0 bridgehead atoms. The molecule has 0 saturated heterocycles. The number of hydrogen-bond acceptors (Lipinski definition) is 4. The van der Waals surface area contributed by atoms with Crippen molar-refractivity contribution in [3.05, 3.63) is 20.8 Å². The van der Waals surface area contributed by atoms with Crippen molar-refractivity contribution >= 4 is 17.9 Å². The van der Waals surface area contributed by atoms with Crippen LogP contribution in [0.2, 0.25) is 0 Å². The average molecular weight is 184 g/mol. The number of nitrogens with one attached hydrogen (secondary N) is 2. The smallest absolute Gasteiger partial charge is 0.200 e. The first-order chi connectivity index (χ1) is 5.75. The van der Waals surface area contributed by atoms with E-state index in [0.29, 0.717) is 4.51 Å². The highest BCUT2D eigenvalue weighted by molar-refractivity contribution is 7.71. The second-order valence-electron chi connectivity index (χ2n) is 2.64. The van der Waals surface area contributed by atoms with Crippen molar-refractivity contribution < 1.29 is 0 Å². The van der Waals surface area contributed by atoms with Gasteiger partial charge >= 0.3 is 0 Å². The summed E-state index contributed by atoms with van der Waals surface area (Å²) in [6.07, 6.45) is 1.03. The Morgan fingerprint density at radius 3 is 2.75 bits per heavy atom. The molecule has 0 saturated carbocycles. The van der Waals surface area contributed by atoms with Crippen LogP contribution in [0.25, 0.3) is 0 Å². The van der Waals surface area contributed by atoms with Crippen molar-refractivity contribution in [2.24, 2.45) is 0 Å². The van der Waals surface area contributed by atoms with E-state index in [4.69, 9.17) is 12.2 Å². The molecule has 0 spiro atoms. The molecule has 12 heavy (non-hydrogen) atoms. The third-order valence-electron chi connectivity index (χ3n) is 1.66. The van der Waals surface area contributed by atoms with Crippen LogP contribution < -0.4 is 16.1 Å². The summed E-state index contributed by atoms with van der Waals surface area (Å²) in [7, 11) is 1.91. The maximum absolute atomic E-state index is 10.7. The fourth-order valence-electron chi connectivity index (χ4n) is 0.937. The van der Waals surface area contributed by atoms with Gasteiger partial charge in [-0.2, -0.15) is 0 Å². The van der Waals surface area contributed by atoms with Gasteiger partial charge in [0.05, 0.1) is 5.69 Å². The molecule has 0 radical (unpaired) electrons. The van der Waals surface area contributed by atoms with E-state index >= 15 is 0 Å². The van der Waals surface area contributed by atoms with Crippen LogP contribution in [0.3, 0.4) is 0 Å². The highest BCUT2D eigenvalue weighted by atomic mass is 32.1. The normalized spacial score (nSPS) is 10.4. The van der Waals surface area contributed by atoms with Crippen molar-refractivity contribution in [1.82, 2.24) is 5.32 Å². The molecule has 4 heteroatoms. The summed E-state index contributed by atoms with van der Waals surface area (Å²) in [5.74, 6) is 0. The third kappa shape index (κ3) is 2.12. The molecule has 1 aromatic rings. The van der Waals surface area contributed by atoms with Crippen LogP contribution in [0.15, 0.2) is 10.9 Å². The maximum Gasteiger partial charge on any atom is 0.200 e. The Morgan fingerprint density at radius 1 is 1.50 bits per heavy atom. The standard InChI is InChI=1S/C8H12N2OS/c1-9-3-2-4-10-6-5-7(11)8(6)12/h5,9-10H,2-4H2,1H3. The summed E-state index contributed by atoms with van der Waals surface area (Å²) >= 11 is 4.81. The van der Waals surface area contributed by atoms with Gasteiger partial charge in [0.2, 0.25) is 5.43 Å². The van der Waals surface area contributed by atoms with E-state index < -0.39 is 0 Å². The van der Waals surface area contributed by atoms with Gasteiger partial charge in [0.25, 0.3) is 0 Å². The lowest BCUT2D eigenvalue weighted by atomic mass is 10.2. The van der Waals surface area contributed by atoms with Crippen molar-refractivity contribution in [3.63, 3.8) is 0 Å². The van der Waals surface area contributed by atoms with Crippen LogP contribution in [0.1, 0.15) is 6.42 Å². The molecule has 66 valence electrons. The van der Waals surface area contributed by atoms with E-state index in [1.54, 1.807) is 6.07 Å². The van der Waals surface area contributed by atoms with Crippen LogP contribution in [-0.2, 0) is 0 Å².